The number of morpholine rings is 1. The van der Waals surface area contributed by atoms with Crippen molar-refractivity contribution in [2.45, 2.75) is 38.6 Å². The Morgan fingerprint density at radius 3 is 2.75 bits per heavy atom. The lowest BCUT2D eigenvalue weighted by Crippen LogP contribution is -2.41. The van der Waals surface area contributed by atoms with Crippen LogP contribution in [0.25, 0.3) is 0 Å². The average Bonchev–Trinajstić information content (AvgIpc) is 2.78. The van der Waals surface area contributed by atoms with E-state index in [4.69, 9.17) is 4.74 Å². The second-order valence-corrected chi connectivity index (χ2v) is 5.19. The van der Waals surface area contributed by atoms with Gasteiger partial charge in [-0.1, -0.05) is 13.3 Å². The molecule has 2 aliphatic rings. The SMILES string of the molecule is CCC1CCC(NCCN2CCOCC2)C1. The van der Waals surface area contributed by atoms with Gasteiger partial charge in [0.15, 0.2) is 0 Å². The van der Waals surface area contributed by atoms with Crippen LogP contribution in [0.2, 0.25) is 0 Å². The zero-order chi connectivity index (χ0) is 11.2. The molecule has 3 nitrogen and oxygen atoms in total. The van der Waals surface area contributed by atoms with Crippen LogP contribution in [0.5, 0.6) is 0 Å². The molecule has 1 saturated heterocycles. The summed E-state index contributed by atoms with van der Waals surface area (Å²) in [5.41, 5.74) is 0. The fourth-order valence-electron chi connectivity index (χ4n) is 2.88. The summed E-state index contributed by atoms with van der Waals surface area (Å²) in [6.45, 7) is 8.73. The molecule has 3 heteroatoms. The molecule has 0 aromatic heterocycles. The molecule has 0 aromatic rings. The number of rotatable bonds is 5. The second-order valence-electron chi connectivity index (χ2n) is 5.19. The highest BCUT2D eigenvalue weighted by Crippen LogP contribution is 2.27. The van der Waals surface area contributed by atoms with Crippen LogP contribution in [0.1, 0.15) is 32.6 Å². The maximum absolute atomic E-state index is 5.35. The van der Waals surface area contributed by atoms with Gasteiger partial charge < -0.3 is 10.1 Å². The lowest BCUT2D eigenvalue weighted by Gasteiger charge is -2.27. The first-order valence-corrected chi connectivity index (χ1v) is 6.92. The van der Waals surface area contributed by atoms with Gasteiger partial charge in [0.2, 0.25) is 0 Å². The van der Waals surface area contributed by atoms with Crippen molar-refractivity contribution < 1.29 is 4.74 Å². The van der Waals surface area contributed by atoms with E-state index in [0.717, 1.165) is 44.8 Å². The highest BCUT2D eigenvalue weighted by Gasteiger charge is 2.22. The van der Waals surface area contributed by atoms with Gasteiger partial charge in [-0.15, -0.1) is 0 Å². The number of hydrogen-bond acceptors (Lipinski definition) is 3. The standard InChI is InChI=1S/C13H26N2O/c1-2-12-3-4-13(11-12)14-5-6-15-7-9-16-10-8-15/h12-14H,2-11H2,1H3. The number of nitrogens with zero attached hydrogens (tertiary/aromatic N) is 1. The van der Waals surface area contributed by atoms with Crippen molar-refractivity contribution in [3.63, 3.8) is 0 Å². The summed E-state index contributed by atoms with van der Waals surface area (Å²) >= 11 is 0. The van der Waals surface area contributed by atoms with Gasteiger partial charge in [-0.2, -0.15) is 0 Å². The Balaban J connectivity index is 1.54. The van der Waals surface area contributed by atoms with Crippen LogP contribution in [-0.4, -0.2) is 50.3 Å². The molecule has 2 rings (SSSR count). The van der Waals surface area contributed by atoms with E-state index in [-0.39, 0.29) is 0 Å². The van der Waals surface area contributed by atoms with E-state index in [9.17, 15) is 0 Å². The van der Waals surface area contributed by atoms with Crippen molar-refractivity contribution in [2.75, 3.05) is 39.4 Å². The van der Waals surface area contributed by atoms with E-state index in [1.54, 1.807) is 0 Å². The highest BCUT2D eigenvalue weighted by molar-refractivity contribution is 4.80. The van der Waals surface area contributed by atoms with Crippen LogP contribution in [0.15, 0.2) is 0 Å². The van der Waals surface area contributed by atoms with Crippen molar-refractivity contribution in [1.82, 2.24) is 10.2 Å². The van der Waals surface area contributed by atoms with Crippen LogP contribution in [0, 0.1) is 5.92 Å². The smallest absolute Gasteiger partial charge is 0.0594 e. The Kier molecular flexibility index (Phi) is 5.07. The Morgan fingerprint density at radius 2 is 2.06 bits per heavy atom. The maximum atomic E-state index is 5.35. The van der Waals surface area contributed by atoms with Crippen LogP contribution in [0.4, 0.5) is 0 Å². The lowest BCUT2D eigenvalue weighted by atomic mass is 10.1. The summed E-state index contributed by atoms with van der Waals surface area (Å²) in [5, 5.41) is 3.71. The molecule has 0 spiro atoms. The van der Waals surface area contributed by atoms with Gasteiger partial charge in [0.25, 0.3) is 0 Å². The van der Waals surface area contributed by atoms with Crippen molar-refractivity contribution in [3.05, 3.63) is 0 Å². The van der Waals surface area contributed by atoms with Gasteiger partial charge in [-0.3, -0.25) is 4.90 Å². The summed E-state index contributed by atoms with van der Waals surface area (Å²) in [4.78, 5) is 2.50. The quantitative estimate of drug-likeness (QED) is 0.768. The number of nitrogens with one attached hydrogen (secondary N) is 1. The normalized spacial score (nSPS) is 32.1. The molecule has 16 heavy (non-hydrogen) atoms. The average molecular weight is 226 g/mol. The summed E-state index contributed by atoms with van der Waals surface area (Å²) < 4.78 is 5.35. The van der Waals surface area contributed by atoms with Crippen molar-refractivity contribution in [3.8, 4) is 0 Å². The second kappa shape index (κ2) is 6.58. The van der Waals surface area contributed by atoms with E-state index in [0.29, 0.717) is 0 Å². The Morgan fingerprint density at radius 1 is 1.25 bits per heavy atom. The number of ether oxygens (including phenoxy) is 1. The van der Waals surface area contributed by atoms with Crippen LogP contribution >= 0.6 is 0 Å². The highest BCUT2D eigenvalue weighted by atomic mass is 16.5. The molecule has 0 radical (unpaired) electrons. The lowest BCUT2D eigenvalue weighted by molar-refractivity contribution is 0.0381. The Labute approximate surface area is 99.5 Å². The molecular formula is C13H26N2O. The van der Waals surface area contributed by atoms with Crippen molar-refractivity contribution in [1.29, 1.82) is 0 Å². The molecule has 1 heterocycles. The van der Waals surface area contributed by atoms with Gasteiger partial charge in [0.1, 0.15) is 0 Å². The third-order valence-electron chi connectivity index (χ3n) is 4.08. The van der Waals surface area contributed by atoms with Gasteiger partial charge in [-0.25, -0.2) is 0 Å². The Bertz CT molecular complexity index is 192. The first-order chi connectivity index (χ1) is 7.88. The predicted octanol–water partition coefficient (Wildman–Crippen LogP) is 1.49. The minimum atomic E-state index is 0.797. The maximum Gasteiger partial charge on any atom is 0.0594 e. The van der Waals surface area contributed by atoms with Crippen LogP contribution < -0.4 is 5.32 Å². The summed E-state index contributed by atoms with van der Waals surface area (Å²) in [5.74, 6) is 0.987. The third-order valence-corrected chi connectivity index (χ3v) is 4.08. The molecule has 2 atom stereocenters. The fraction of sp³-hybridized carbons (Fsp3) is 1.00. The molecule has 1 N–H and O–H groups in total. The summed E-state index contributed by atoms with van der Waals surface area (Å²) in [6, 6.07) is 0.797. The number of hydrogen-bond donors (Lipinski definition) is 1. The molecule has 0 amide bonds. The molecule has 1 saturated carbocycles. The van der Waals surface area contributed by atoms with Crippen LogP contribution in [-0.2, 0) is 4.74 Å². The summed E-state index contributed by atoms with van der Waals surface area (Å²) in [7, 11) is 0. The van der Waals surface area contributed by atoms with Gasteiger partial charge in [0, 0.05) is 32.2 Å². The van der Waals surface area contributed by atoms with E-state index in [2.05, 4.69) is 17.1 Å². The molecule has 0 bridgehead atoms. The predicted molar refractivity (Wildman–Crippen MR) is 66.7 cm³/mol. The minimum absolute atomic E-state index is 0.797. The van der Waals surface area contributed by atoms with Gasteiger partial charge in [0.05, 0.1) is 13.2 Å². The fourth-order valence-corrected chi connectivity index (χ4v) is 2.88. The molecule has 2 unspecified atom stereocenters. The molecule has 1 aliphatic heterocycles. The van der Waals surface area contributed by atoms with E-state index < -0.39 is 0 Å². The van der Waals surface area contributed by atoms with E-state index in [1.165, 1.54) is 32.2 Å². The largest absolute Gasteiger partial charge is 0.379 e. The zero-order valence-corrected chi connectivity index (χ0v) is 10.6. The zero-order valence-electron chi connectivity index (χ0n) is 10.6. The molecular weight excluding hydrogens is 200 g/mol. The topological polar surface area (TPSA) is 24.5 Å². The van der Waals surface area contributed by atoms with E-state index >= 15 is 0 Å². The van der Waals surface area contributed by atoms with E-state index in [1.807, 2.05) is 0 Å². The van der Waals surface area contributed by atoms with Crippen LogP contribution in [0.3, 0.4) is 0 Å². The molecule has 0 aromatic carbocycles. The van der Waals surface area contributed by atoms with Crippen molar-refractivity contribution >= 4 is 0 Å². The molecule has 2 fully saturated rings. The van der Waals surface area contributed by atoms with Gasteiger partial charge in [-0.05, 0) is 25.2 Å². The summed E-state index contributed by atoms with van der Waals surface area (Å²) in [6.07, 6.45) is 5.59. The monoisotopic (exact) mass is 226 g/mol. The Hall–Kier alpha value is -0.120. The van der Waals surface area contributed by atoms with Crippen molar-refractivity contribution in [2.24, 2.45) is 5.92 Å². The minimum Gasteiger partial charge on any atom is -0.379 e. The first kappa shape index (κ1) is 12.3. The third kappa shape index (κ3) is 3.72. The molecule has 1 aliphatic carbocycles. The molecule has 94 valence electrons. The first-order valence-electron chi connectivity index (χ1n) is 6.92. The van der Waals surface area contributed by atoms with Gasteiger partial charge >= 0.3 is 0 Å².